The number of Topliss-reactive ketones (excluding diaryl/α,β-unsaturated/α-hetero) is 1. The van der Waals surface area contributed by atoms with Crippen LogP contribution < -0.4 is 0 Å². The zero-order chi connectivity index (χ0) is 15.5. The first kappa shape index (κ1) is 14.9. The number of benzene rings is 2. The number of hydrogen-bond acceptors (Lipinski definition) is 5. The molecule has 21 heavy (non-hydrogen) atoms. The predicted molar refractivity (Wildman–Crippen MR) is 78.4 cm³/mol. The third-order valence-electron chi connectivity index (χ3n) is 2.96. The first-order chi connectivity index (χ1) is 9.98. The lowest BCUT2D eigenvalue weighted by atomic mass is 10.1. The average molecular weight is 303 g/mol. The third-order valence-corrected chi connectivity index (χ3v) is 4.77. The normalized spacial score (nSPS) is 12.1. The van der Waals surface area contributed by atoms with Crippen molar-refractivity contribution in [2.24, 2.45) is 5.16 Å². The lowest BCUT2D eigenvalue weighted by Crippen LogP contribution is -2.25. The van der Waals surface area contributed by atoms with Gasteiger partial charge in [-0.2, -0.15) is 0 Å². The molecular formula is C15H13NO4S. The number of oxime groups is 1. The van der Waals surface area contributed by atoms with Crippen molar-refractivity contribution in [3.63, 3.8) is 0 Å². The van der Waals surface area contributed by atoms with Crippen molar-refractivity contribution in [2.75, 3.05) is 0 Å². The molecule has 0 aliphatic heterocycles. The summed E-state index contributed by atoms with van der Waals surface area (Å²) in [5, 5.41) is 10.9. The van der Waals surface area contributed by atoms with Crippen LogP contribution in [-0.2, 0) is 9.84 Å². The Labute approximate surface area is 122 Å². The van der Waals surface area contributed by atoms with Crippen LogP contribution in [0.25, 0.3) is 0 Å². The largest absolute Gasteiger partial charge is 0.410 e. The van der Waals surface area contributed by atoms with Gasteiger partial charge in [-0.1, -0.05) is 53.7 Å². The Balaban J connectivity index is 2.53. The molecule has 0 aliphatic rings. The summed E-state index contributed by atoms with van der Waals surface area (Å²) >= 11 is 0. The van der Waals surface area contributed by atoms with Gasteiger partial charge in [0.2, 0.25) is 20.7 Å². The minimum Gasteiger partial charge on any atom is -0.410 e. The van der Waals surface area contributed by atoms with E-state index < -0.39 is 20.7 Å². The van der Waals surface area contributed by atoms with E-state index >= 15 is 0 Å². The lowest BCUT2D eigenvalue weighted by molar-refractivity contribution is 0.106. The van der Waals surface area contributed by atoms with Crippen LogP contribution in [0.2, 0.25) is 0 Å². The molecule has 2 rings (SSSR count). The van der Waals surface area contributed by atoms with Crippen LogP contribution >= 0.6 is 0 Å². The summed E-state index contributed by atoms with van der Waals surface area (Å²) < 4.78 is 25.0. The molecular weight excluding hydrogens is 290 g/mol. The first-order valence-electron chi connectivity index (χ1n) is 6.11. The van der Waals surface area contributed by atoms with Crippen LogP contribution in [0.1, 0.15) is 15.9 Å². The highest BCUT2D eigenvalue weighted by atomic mass is 32.2. The Morgan fingerprint density at radius 1 is 1.00 bits per heavy atom. The van der Waals surface area contributed by atoms with Gasteiger partial charge in [-0.05, 0) is 18.6 Å². The van der Waals surface area contributed by atoms with Gasteiger partial charge < -0.3 is 5.21 Å². The van der Waals surface area contributed by atoms with E-state index in [4.69, 9.17) is 5.21 Å². The molecule has 5 nitrogen and oxygen atoms in total. The van der Waals surface area contributed by atoms with E-state index in [-0.39, 0.29) is 10.5 Å². The highest BCUT2D eigenvalue weighted by Crippen LogP contribution is 2.19. The number of ketones is 1. The maximum absolute atomic E-state index is 12.5. The van der Waals surface area contributed by atoms with Crippen LogP contribution in [0.5, 0.6) is 0 Å². The molecule has 1 N–H and O–H groups in total. The maximum Gasteiger partial charge on any atom is 0.246 e. The molecule has 0 aromatic heterocycles. The highest BCUT2D eigenvalue weighted by molar-refractivity contribution is 8.08. The SMILES string of the molecule is Cc1ccccc1S(=O)(=O)C(=NO)C(=O)c1ccccc1. The summed E-state index contributed by atoms with van der Waals surface area (Å²) in [5.41, 5.74) is 0.613. The number of carbonyl (C=O) groups excluding carboxylic acids is 1. The highest BCUT2D eigenvalue weighted by Gasteiger charge is 2.31. The van der Waals surface area contributed by atoms with Crippen molar-refractivity contribution >= 4 is 20.7 Å². The van der Waals surface area contributed by atoms with E-state index in [1.54, 1.807) is 43.3 Å². The third kappa shape index (κ3) is 2.85. The van der Waals surface area contributed by atoms with Crippen LogP contribution in [0, 0.1) is 6.92 Å². The molecule has 0 radical (unpaired) electrons. The molecule has 0 aliphatic carbocycles. The van der Waals surface area contributed by atoms with E-state index in [0.717, 1.165) is 0 Å². The van der Waals surface area contributed by atoms with E-state index in [1.165, 1.54) is 18.2 Å². The standard InChI is InChI=1S/C15H13NO4S/c1-11-7-5-6-10-13(11)21(19,20)15(16-18)14(17)12-8-3-2-4-9-12/h2-10,18H,1H3. The summed E-state index contributed by atoms with van der Waals surface area (Å²) in [6.07, 6.45) is 0. The van der Waals surface area contributed by atoms with Crippen molar-refractivity contribution in [1.29, 1.82) is 0 Å². The van der Waals surface area contributed by atoms with Gasteiger partial charge in [-0.3, -0.25) is 4.79 Å². The summed E-state index contributed by atoms with van der Waals surface area (Å²) in [7, 11) is -4.18. The summed E-state index contributed by atoms with van der Waals surface area (Å²) in [5.74, 6) is -0.846. The maximum atomic E-state index is 12.5. The van der Waals surface area contributed by atoms with Crippen molar-refractivity contribution in [3.05, 3.63) is 65.7 Å². The van der Waals surface area contributed by atoms with Gasteiger partial charge >= 0.3 is 0 Å². The van der Waals surface area contributed by atoms with Crippen LogP contribution in [0.15, 0.2) is 64.6 Å². The molecule has 2 aromatic carbocycles. The molecule has 0 bridgehead atoms. The Hall–Kier alpha value is -2.47. The molecule has 0 fully saturated rings. The molecule has 0 saturated carbocycles. The summed E-state index contributed by atoms with van der Waals surface area (Å²) in [4.78, 5) is 12.2. The molecule has 6 heteroatoms. The van der Waals surface area contributed by atoms with E-state index in [0.29, 0.717) is 5.56 Å². The molecule has 0 unspecified atom stereocenters. The number of sulfone groups is 1. The minimum absolute atomic E-state index is 0.0536. The van der Waals surface area contributed by atoms with Crippen molar-refractivity contribution < 1.29 is 18.4 Å². The fraction of sp³-hybridized carbons (Fsp3) is 0.0667. The quantitative estimate of drug-likeness (QED) is 0.310. The second kappa shape index (κ2) is 5.88. The monoisotopic (exact) mass is 303 g/mol. The van der Waals surface area contributed by atoms with Crippen LogP contribution in [-0.4, -0.2) is 24.5 Å². The van der Waals surface area contributed by atoms with Gasteiger partial charge in [0, 0.05) is 5.56 Å². The lowest BCUT2D eigenvalue weighted by Gasteiger charge is -2.08. The van der Waals surface area contributed by atoms with Gasteiger partial charge in [0.15, 0.2) is 0 Å². The van der Waals surface area contributed by atoms with Crippen LogP contribution in [0.3, 0.4) is 0 Å². The number of hydrogen-bond donors (Lipinski definition) is 1. The molecule has 0 saturated heterocycles. The van der Waals surface area contributed by atoms with Gasteiger partial charge in [0.05, 0.1) is 4.90 Å². The van der Waals surface area contributed by atoms with Gasteiger partial charge in [0.1, 0.15) is 0 Å². The molecule has 2 aromatic rings. The Morgan fingerprint density at radius 2 is 1.57 bits per heavy atom. The van der Waals surface area contributed by atoms with E-state index in [1.807, 2.05) is 0 Å². The second-order valence-corrected chi connectivity index (χ2v) is 6.20. The number of rotatable bonds is 3. The number of nitrogens with zero attached hydrogens (tertiary/aromatic N) is 1. The second-order valence-electron chi connectivity index (χ2n) is 4.37. The van der Waals surface area contributed by atoms with Gasteiger partial charge in [0.25, 0.3) is 0 Å². The smallest absolute Gasteiger partial charge is 0.246 e. The minimum atomic E-state index is -4.18. The number of aryl methyl sites for hydroxylation is 1. The predicted octanol–water partition coefficient (Wildman–Crippen LogP) is 2.44. The van der Waals surface area contributed by atoms with E-state index in [9.17, 15) is 13.2 Å². The Bertz CT molecular complexity index is 795. The van der Waals surface area contributed by atoms with Crippen molar-refractivity contribution in [1.82, 2.24) is 0 Å². The fourth-order valence-corrected chi connectivity index (χ4v) is 3.32. The van der Waals surface area contributed by atoms with Gasteiger partial charge in [-0.15, -0.1) is 0 Å². The van der Waals surface area contributed by atoms with Crippen molar-refractivity contribution in [2.45, 2.75) is 11.8 Å². The van der Waals surface area contributed by atoms with Gasteiger partial charge in [-0.25, -0.2) is 8.42 Å². The molecule has 0 atom stereocenters. The summed E-state index contributed by atoms with van der Waals surface area (Å²) in [6.45, 7) is 1.61. The van der Waals surface area contributed by atoms with Crippen molar-refractivity contribution in [3.8, 4) is 0 Å². The Kier molecular flexibility index (Phi) is 4.18. The molecule has 0 spiro atoms. The fourth-order valence-electron chi connectivity index (χ4n) is 1.90. The summed E-state index contributed by atoms with van der Waals surface area (Å²) in [6, 6.07) is 14.0. The first-order valence-corrected chi connectivity index (χ1v) is 7.59. The van der Waals surface area contributed by atoms with Crippen LogP contribution in [0.4, 0.5) is 0 Å². The zero-order valence-electron chi connectivity index (χ0n) is 11.2. The zero-order valence-corrected chi connectivity index (χ0v) is 12.0. The Morgan fingerprint density at radius 3 is 2.14 bits per heavy atom. The average Bonchev–Trinajstić information content (AvgIpc) is 2.48. The molecule has 0 heterocycles. The molecule has 108 valence electrons. The number of carbonyl (C=O) groups is 1. The topological polar surface area (TPSA) is 83.8 Å². The molecule has 0 amide bonds. The van der Waals surface area contributed by atoms with E-state index in [2.05, 4.69) is 5.16 Å².